The van der Waals surface area contributed by atoms with E-state index in [4.69, 9.17) is 0 Å². The first-order chi connectivity index (χ1) is 7.35. The van der Waals surface area contributed by atoms with Crippen molar-refractivity contribution in [1.29, 1.82) is 0 Å². The van der Waals surface area contributed by atoms with E-state index in [1.807, 2.05) is 5.38 Å². The Balaban J connectivity index is 1.89. The summed E-state index contributed by atoms with van der Waals surface area (Å²) in [4.78, 5) is 0. The molecule has 1 fully saturated rings. The Bertz CT molecular complexity index is 283. The highest BCUT2D eigenvalue weighted by molar-refractivity contribution is 7.03. The first-order valence-corrected chi connectivity index (χ1v) is 6.30. The Labute approximate surface area is 93.9 Å². The summed E-state index contributed by atoms with van der Waals surface area (Å²) in [5.41, 5.74) is 0.903. The molecule has 0 atom stereocenters. The maximum Gasteiger partial charge on any atom is 0.0893 e. The van der Waals surface area contributed by atoms with Crippen molar-refractivity contribution in [2.24, 2.45) is 0 Å². The lowest BCUT2D eigenvalue weighted by molar-refractivity contribution is 0.119. The third-order valence-corrected chi connectivity index (χ3v) is 3.72. The van der Waals surface area contributed by atoms with E-state index in [-0.39, 0.29) is 12.1 Å². The minimum Gasteiger partial charge on any atom is -0.394 e. The molecule has 1 saturated carbocycles. The lowest BCUT2D eigenvalue weighted by Crippen LogP contribution is -2.49. The van der Waals surface area contributed by atoms with Crippen LogP contribution in [0.5, 0.6) is 0 Å². The smallest absolute Gasteiger partial charge is 0.0893 e. The first kappa shape index (κ1) is 11.0. The van der Waals surface area contributed by atoms with Crippen LogP contribution in [0.4, 0.5) is 0 Å². The lowest BCUT2D eigenvalue weighted by Gasteiger charge is -2.36. The Kier molecular flexibility index (Phi) is 3.66. The zero-order valence-corrected chi connectivity index (χ0v) is 9.59. The molecule has 0 aliphatic heterocycles. The van der Waals surface area contributed by atoms with Crippen LogP contribution in [0.3, 0.4) is 0 Å². The third-order valence-electron chi connectivity index (χ3n) is 3.16. The van der Waals surface area contributed by atoms with Crippen LogP contribution in [-0.4, -0.2) is 26.8 Å². The van der Waals surface area contributed by atoms with E-state index < -0.39 is 0 Å². The lowest BCUT2D eigenvalue weighted by atomic mass is 9.82. The van der Waals surface area contributed by atoms with E-state index in [1.54, 1.807) is 0 Å². The second kappa shape index (κ2) is 5.01. The minimum atomic E-state index is -0.0676. The summed E-state index contributed by atoms with van der Waals surface area (Å²) in [6, 6.07) is 0. The molecule has 0 saturated heterocycles. The van der Waals surface area contributed by atoms with Crippen molar-refractivity contribution in [1.82, 2.24) is 14.9 Å². The van der Waals surface area contributed by atoms with E-state index in [0.717, 1.165) is 25.1 Å². The second-order valence-corrected chi connectivity index (χ2v) is 4.86. The molecule has 2 rings (SSSR count). The van der Waals surface area contributed by atoms with E-state index in [2.05, 4.69) is 14.9 Å². The highest BCUT2D eigenvalue weighted by Crippen LogP contribution is 2.27. The normalized spacial score (nSPS) is 20.3. The van der Waals surface area contributed by atoms with Crippen molar-refractivity contribution in [3.05, 3.63) is 11.1 Å². The summed E-state index contributed by atoms with van der Waals surface area (Å²) in [7, 11) is 0. The predicted octanol–water partition coefficient (Wildman–Crippen LogP) is 1.32. The second-order valence-electron chi connectivity index (χ2n) is 4.25. The largest absolute Gasteiger partial charge is 0.394 e. The van der Waals surface area contributed by atoms with Crippen LogP contribution < -0.4 is 5.32 Å². The Hall–Kier alpha value is -0.520. The number of aromatic nitrogens is 2. The molecular weight excluding hydrogens is 210 g/mol. The SMILES string of the molecule is OCC1(NCc2csnn2)CCCCC1. The van der Waals surface area contributed by atoms with Crippen molar-refractivity contribution < 1.29 is 5.11 Å². The van der Waals surface area contributed by atoms with E-state index in [9.17, 15) is 5.11 Å². The van der Waals surface area contributed by atoms with Crippen LogP contribution in [0.2, 0.25) is 0 Å². The molecule has 84 valence electrons. The van der Waals surface area contributed by atoms with Gasteiger partial charge in [0.05, 0.1) is 12.3 Å². The summed E-state index contributed by atoms with van der Waals surface area (Å²) in [6.07, 6.45) is 5.86. The standard InChI is InChI=1S/C10H17N3OS/c14-8-10(4-2-1-3-5-10)11-6-9-7-15-13-12-9/h7,11,14H,1-6,8H2. The van der Waals surface area contributed by atoms with Gasteiger partial charge in [-0.15, -0.1) is 5.10 Å². The molecule has 1 aliphatic carbocycles. The van der Waals surface area contributed by atoms with Gasteiger partial charge in [0, 0.05) is 17.5 Å². The van der Waals surface area contributed by atoms with Gasteiger partial charge in [0.1, 0.15) is 0 Å². The van der Waals surface area contributed by atoms with Gasteiger partial charge in [-0.05, 0) is 24.4 Å². The number of rotatable bonds is 4. The van der Waals surface area contributed by atoms with E-state index in [0.29, 0.717) is 0 Å². The molecule has 5 heteroatoms. The maximum absolute atomic E-state index is 9.47. The van der Waals surface area contributed by atoms with Crippen LogP contribution in [-0.2, 0) is 6.54 Å². The average molecular weight is 227 g/mol. The number of nitrogens with one attached hydrogen (secondary N) is 1. The van der Waals surface area contributed by atoms with Gasteiger partial charge < -0.3 is 10.4 Å². The van der Waals surface area contributed by atoms with Crippen molar-refractivity contribution in [2.45, 2.75) is 44.2 Å². The first-order valence-electron chi connectivity index (χ1n) is 5.46. The van der Waals surface area contributed by atoms with Crippen LogP contribution in [0.1, 0.15) is 37.8 Å². The molecule has 0 spiro atoms. The van der Waals surface area contributed by atoms with Crippen molar-refractivity contribution in [2.75, 3.05) is 6.61 Å². The summed E-state index contributed by atoms with van der Waals surface area (Å²) < 4.78 is 3.82. The molecule has 2 N–H and O–H groups in total. The third kappa shape index (κ3) is 2.74. The minimum absolute atomic E-state index is 0.0676. The van der Waals surface area contributed by atoms with Gasteiger partial charge in [-0.3, -0.25) is 0 Å². The highest BCUT2D eigenvalue weighted by Gasteiger charge is 2.30. The summed E-state index contributed by atoms with van der Waals surface area (Å²) in [6.45, 7) is 0.946. The van der Waals surface area contributed by atoms with Gasteiger partial charge in [0.25, 0.3) is 0 Å². The Morgan fingerprint density at radius 3 is 2.80 bits per heavy atom. The van der Waals surface area contributed by atoms with Gasteiger partial charge in [-0.1, -0.05) is 23.8 Å². The number of nitrogens with zero attached hydrogens (tertiary/aromatic N) is 2. The zero-order valence-electron chi connectivity index (χ0n) is 8.78. The van der Waals surface area contributed by atoms with Gasteiger partial charge in [-0.2, -0.15) is 0 Å². The van der Waals surface area contributed by atoms with E-state index in [1.165, 1.54) is 30.8 Å². The molecule has 1 aromatic rings. The molecule has 0 aromatic carbocycles. The molecule has 0 amide bonds. The molecule has 0 unspecified atom stereocenters. The Morgan fingerprint density at radius 2 is 2.20 bits per heavy atom. The molecule has 0 radical (unpaired) electrons. The van der Waals surface area contributed by atoms with Gasteiger partial charge >= 0.3 is 0 Å². The topological polar surface area (TPSA) is 58.0 Å². The summed E-state index contributed by atoms with van der Waals surface area (Å²) in [5, 5.41) is 18.9. The number of aliphatic hydroxyl groups is 1. The fourth-order valence-corrected chi connectivity index (χ4v) is 2.61. The van der Waals surface area contributed by atoms with Crippen molar-refractivity contribution in [3.63, 3.8) is 0 Å². The van der Waals surface area contributed by atoms with Crippen LogP contribution in [0.25, 0.3) is 0 Å². The predicted molar refractivity (Wildman–Crippen MR) is 59.7 cm³/mol. The van der Waals surface area contributed by atoms with Crippen LogP contribution in [0.15, 0.2) is 5.38 Å². The summed E-state index contributed by atoms with van der Waals surface area (Å²) in [5.74, 6) is 0. The number of hydrogen-bond donors (Lipinski definition) is 2. The molecule has 1 aliphatic rings. The summed E-state index contributed by atoms with van der Waals surface area (Å²) >= 11 is 1.37. The average Bonchev–Trinajstić information content (AvgIpc) is 2.81. The number of aliphatic hydroxyl groups excluding tert-OH is 1. The van der Waals surface area contributed by atoms with E-state index >= 15 is 0 Å². The molecule has 1 heterocycles. The zero-order chi connectivity index (χ0) is 10.6. The quantitative estimate of drug-likeness (QED) is 0.814. The monoisotopic (exact) mass is 227 g/mol. The fraction of sp³-hybridized carbons (Fsp3) is 0.800. The Morgan fingerprint density at radius 1 is 1.40 bits per heavy atom. The maximum atomic E-state index is 9.47. The molecule has 0 bridgehead atoms. The van der Waals surface area contributed by atoms with Crippen molar-refractivity contribution in [3.8, 4) is 0 Å². The van der Waals surface area contributed by atoms with Gasteiger partial charge in [-0.25, -0.2) is 0 Å². The molecular formula is C10H17N3OS. The van der Waals surface area contributed by atoms with Crippen LogP contribution in [0, 0.1) is 0 Å². The highest BCUT2D eigenvalue weighted by atomic mass is 32.1. The fourth-order valence-electron chi connectivity index (χ4n) is 2.16. The van der Waals surface area contributed by atoms with Gasteiger partial charge in [0.2, 0.25) is 0 Å². The van der Waals surface area contributed by atoms with Gasteiger partial charge in [0.15, 0.2) is 0 Å². The number of hydrogen-bond acceptors (Lipinski definition) is 5. The van der Waals surface area contributed by atoms with Crippen LogP contribution >= 0.6 is 11.5 Å². The molecule has 15 heavy (non-hydrogen) atoms. The molecule has 4 nitrogen and oxygen atoms in total. The van der Waals surface area contributed by atoms with Crippen molar-refractivity contribution >= 4 is 11.5 Å². The molecule has 1 aromatic heterocycles.